The molecule has 1 aromatic heterocycles. The fraction of sp³-hybridized carbons (Fsp3) is 0.550. The van der Waals surface area contributed by atoms with E-state index >= 15 is 0 Å². The van der Waals surface area contributed by atoms with Gasteiger partial charge in [-0.3, -0.25) is 9.69 Å². The quantitative estimate of drug-likeness (QED) is 0.897. The highest BCUT2D eigenvalue weighted by Crippen LogP contribution is 2.41. The van der Waals surface area contributed by atoms with Crippen LogP contribution < -0.4 is 0 Å². The van der Waals surface area contributed by atoms with Crippen molar-refractivity contribution in [1.29, 1.82) is 0 Å². The van der Waals surface area contributed by atoms with Crippen molar-refractivity contribution in [3.63, 3.8) is 0 Å². The van der Waals surface area contributed by atoms with E-state index in [-0.39, 0.29) is 5.41 Å². The molecule has 1 unspecified atom stereocenters. The van der Waals surface area contributed by atoms with Crippen LogP contribution in [0.3, 0.4) is 0 Å². The fourth-order valence-corrected chi connectivity index (χ4v) is 4.76. The van der Waals surface area contributed by atoms with E-state index in [0.717, 1.165) is 62.5 Å². The second-order valence-electron chi connectivity index (χ2n) is 7.70. The third kappa shape index (κ3) is 2.85. The lowest BCUT2D eigenvalue weighted by Gasteiger charge is -2.23. The van der Waals surface area contributed by atoms with Crippen LogP contribution in [0.25, 0.3) is 10.9 Å². The van der Waals surface area contributed by atoms with Crippen LogP contribution in [-0.2, 0) is 11.3 Å². The first-order valence-corrected chi connectivity index (χ1v) is 9.69. The summed E-state index contributed by atoms with van der Waals surface area (Å²) in [7, 11) is 0. The van der Waals surface area contributed by atoms with E-state index in [1.807, 2.05) is 18.2 Å². The van der Waals surface area contributed by atoms with Gasteiger partial charge in [0.15, 0.2) is 0 Å². The molecule has 4 rings (SSSR count). The molecule has 25 heavy (non-hydrogen) atoms. The van der Waals surface area contributed by atoms with Gasteiger partial charge in [-0.15, -0.1) is 0 Å². The minimum Gasteiger partial charge on any atom is -0.357 e. The van der Waals surface area contributed by atoms with E-state index in [1.165, 1.54) is 16.6 Å². The van der Waals surface area contributed by atoms with Crippen LogP contribution in [0.4, 0.5) is 0 Å². The summed E-state index contributed by atoms with van der Waals surface area (Å²) in [6, 6.07) is 6.00. The molecule has 2 aromatic rings. The number of H-pyrrole nitrogens is 1. The zero-order valence-electron chi connectivity index (χ0n) is 15.1. The van der Waals surface area contributed by atoms with Gasteiger partial charge >= 0.3 is 0 Å². The Morgan fingerprint density at radius 3 is 2.88 bits per heavy atom. The maximum absolute atomic E-state index is 12.8. The highest BCUT2D eigenvalue weighted by molar-refractivity contribution is 6.31. The molecule has 2 aliphatic heterocycles. The van der Waals surface area contributed by atoms with Crippen molar-refractivity contribution >= 4 is 28.4 Å². The second-order valence-corrected chi connectivity index (χ2v) is 8.14. The SMILES string of the molecule is CCCN1CCC2(CCN(Cc3[nH]c4ccc(Cl)cc4c3C)C2)C1=O. The largest absolute Gasteiger partial charge is 0.357 e. The van der Waals surface area contributed by atoms with Crippen LogP contribution in [0.15, 0.2) is 18.2 Å². The molecule has 0 bridgehead atoms. The molecule has 2 saturated heterocycles. The van der Waals surface area contributed by atoms with Gasteiger partial charge in [-0.05, 0) is 56.5 Å². The molecule has 1 amide bonds. The molecule has 134 valence electrons. The molecule has 1 atom stereocenters. The summed E-state index contributed by atoms with van der Waals surface area (Å²) >= 11 is 6.14. The van der Waals surface area contributed by atoms with Gasteiger partial charge in [0, 0.05) is 47.8 Å². The third-order valence-electron chi connectivity index (χ3n) is 6.03. The van der Waals surface area contributed by atoms with E-state index in [0.29, 0.717) is 5.91 Å². The van der Waals surface area contributed by atoms with Crippen LogP contribution in [-0.4, -0.2) is 46.9 Å². The normalized spacial score (nSPS) is 24.3. The van der Waals surface area contributed by atoms with Crippen LogP contribution >= 0.6 is 11.6 Å². The Morgan fingerprint density at radius 2 is 2.08 bits per heavy atom. The van der Waals surface area contributed by atoms with Gasteiger partial charge in [0.2, 0.25) is 5.91 Å². The lowest BCUT2D eigenvalue weighted by atomic mass is 9.85. The summed E-state index contributed by atoms with van der Waals surface area (Å²) in [5.41, 5.74) is 3.52. The first-order valence-electron chi connectivity index (χ1n) is 9.31. The summed E-state index contributed by atoms with van der Waals surface area (Å²) < 4.78 is 0. The lowest BCUT2D eigenvalue weighted by molar-refractivity contribution is -0.135. The number of nitrogens with zero attached hydrogens (tertiary/aromatic N) is 2. The summed E-state index contributed by atoms with van der Waals surface area (Å²) in [6.07, 6.45) is 3.06. The number of rotatable bonds is 4. The Balaban J connectivity index is 1.50. The number of carbonyl (C=O) groups excluding carboxylic acids is 1. The van der Waals surface area contributed by atoms with Gasteiger partial charge in [-0.25, -0.2) is 0 Å². The maximum atomic E-state index is 12.8. The highest BCUT2D eigenvalue weighted by Gasteiger charge is 2.50. The lowest BCUT2D eigenvalue weighted by Crippen LogP contribution is -2.37. The minimum atomic E-state index is -0.127. The van der Waals surface area contributed by atoms with Crippen LogP contribution in [0.5, 0.6) is 0 Å². The highest BCUT2D eigenvalue weighted by atomic mass is 35.5. The first-order chi connectivity index (χ1) is 12.0. The van der Waals surface area contributed by atoms with Crippen molar-refractivity contribution < 1.29 is 4.79 Å². The Kier molecular flexibility index (Phi) is 4.28. The molecule has 2 aliphatic rings. The summed E-state index contributed by atoms with van der Waals surface area (Å²) in [6.45, 7) is 8.90. The van der Waals surface area contributed by atoms with E-state index in [4.69, 9.17) is 11.6 Å². The average molecular weight is 360 g/mol. The Morgan fingerprint density at radius 1 is 1.28 bits per heavy atom. The number of hydrogen-bond acceptors (Lipinski definition) is 2. The number of fused-ring (bicyclic) bond motifs is 1. The molecule has 2 fully saturated rings. The molecule has 1 N–H and O–H groups in total. The van der Waals surface area contributed by atoms with Crippen LogP contribution in [0.1, 0.15) is 37.4 Å². The molecule has 1 spiro atoms. The van der Waals surface area contributed by atoms with Crippen molar-refractivity contribution in [2.45, 2.75) is 39.7 Å². The predicted octanol–water partition coefficient (Wildman–Crippen LogP) is 3.96. The van der Waals surface area contributed by atoms with Crippen molar-refractivity contribution in [2.75, 3.05) is 26.2 Å². The number of amides is 1. The van der Waals surface area contributed by atoms with Crippen molar-refractivity contribution in [3.05, 3.63) is 34.5 Å². The number of aromatic nitrogens is 1. The number of aromatic amines is 1. The topological polar surface area (TPSA) is 39.3 Å². The predicted molar refractivity (Wildman–Crippen MR) is 102 cm³/mol. The zero-order valence-corrected chi connectivity index (χ0v) is 15.8. The van der Waals surface area contributed by atoms with E-state index in [9.17, 15) is 4.79 Å². The maximum Gasteiger partial charge on any atom is 0.230 e. The molecule has 0 saturated carbocycles. The summed E-state index contributed by atoms with van der Waals surface area (Å²) in [5, 5.41) is 1.97. The molecule has 5 heteroatoms. The van der Waals surface area contributed by atoms with Gasteiger partial charge in [0.25, 0.3) is 0 Å². The number of hydrogen-bond donors (Lipinski definition) is 1. The minimum absolute atomic E-state index is 0.127. The van der Waals surface area contributed by atoms with Crippen LogP contribution in [0.2, 0.25) is 5.02 Å². The van der Waals surface area contributed by atoms with Crippen molar-refractivity contribution in [2.24, 2.45) is 5.41 Å². The summed E-state index contributed by atoms with van der Waals surface area (Å²) in [4.78, 5) is 20.9. The van der Waals surface area contributed by atoms with Gasteiger partial charge in [-0.2, -0.15) is 0 Å². The van der Waals surface area contributed by atoms with E-state index in [2.05, 4.69) is 28.6 Å². The Hall–Kier alpha value is -1.52. The summed E-state index contributed by atoms with van der Waals surface area (Å²) in [5.74, 6) is 0.386. The molecular formula is C20H26ClN3O. The van der Waals surface area contributed by atoms with Gasteiger partial charge in [0.1, 0.15) is 0 Å². The standard InChI is InChI=1S/C20H26ClN3O/c1-3-8-24-10-7-20(19(24)25)6-9-23(13-20)12-18-14(2)16-11-15(21)4-5-17(16)22-18/h4-5,11,22H,3,6-10,12-13H2,1-2H3. The number of aryl methyl sites for hydroxylation is 1. The molecular weight excluding hydrogens is 334 g/mol. The number of nitrogens with one attached hydrogen (secondary N) is 1. The number of benzene rings is 1. The molecule has 1 aromatic carbocycles. The van der Waals surface area contributed by atoms with Crippen LogP contribution in [0, 0.1) is 12.3 Å². The smallest absolute Gasteiger partial charge is 0.230 e. The number of halogens is 1. The van der Waals surface area contributed by atoms with Gasteiger partial charge < -0.3 is 9.88 Å². The van der Waals surface area contributed by atoms with Crippen molar-refractivity contribution in [1.82, 2.24) is 14.8 Å². The average Bonchev–Trinajstić information content (AvgIpc) is 3.23. The zero-order chi connectivity index (χ0) is 17.6. The van der Waals surface area contributed by atoms with Gasteiger partial charge in [-0.1, -0.05) is 18.5 Å². The van der Waals surface area contributed by atoms with Gasteiger partial charge in [0.05, 0.1) is 5.41 Å². The fourth-order valence-electron chi connectivity index (χ4n) is 4.58. The Bertz CT molecular complexity index is 815. The number of likely N-dealkylation sites (tertiary alicyclic amines) is 2. The van der Waals surface area contributed by atoms with Crippen molar-refractivity contribution in [3.8, 4) is 0 Å². The van der Waals surface area contributed by atoms with E-state index < -0.39 is 0 Å². The third-order valence-corrected chi connectivity index (χ3v) is 6.27. The molecule has 4 nitrogen and oxygen atoms in total. The molecule has 0 radical (unpaired) electrons. The molecule has 3 heterocycles. The monoisotopic (exact) mass is 359 g/mol. The Labute approximate surface area is 154 Å². The van der Waals surface area contributed by atoms with E-state index in [1.54, 1.807) is 0 Å². The molecule has 0 aliphatic carbocycles. The first kappa shape index (κ1) is 16.9. The number of carbonyl (C=O) groups is 1. The second kappa shape index (κ2) is 6.33.